The van der Waals surface area contributed by atoms with Gasteiger partial charge in [0.05, 0.1) is 0 Å². The van der Waals surface area contributed by atoms with Gasteiger partial charge in [0.25, 0.3) is 0 Å². The summed E-state index contributed by atoms with van der Waals surface area (Å²) in [7, 11) is 0. The molecule has 0 aliphatic rings. The van der Waals surface area contributed by atoms with E-state index in [2.05, 4.69) is 217 Å². The predicted octanol–water partition coefficient (Wildman–Crippen LogP) is 15.3. The normalized spacial score (nSPS) is 11.3. The topological polar surface area (TPSA) is 3.24 Å². The Bertz CT molecular complexity index is 2780. The highest BCUT2D eigenvalue weighted by molar-refractivity contribution is 7.17. The number of rotatable bonds is 7. The van der Waals surface area contributed by atoms with E-state index in [1.54, 1.807) is 11.3 Å². The molecule has 10 rings (SSSR count). The second kappa shape index (κ2) is 13.7. The van der Waals surface area contributed by atoms with Gasteiger partial charge in [0.1, 0.15) is 0 Å². The van der Waals surface area contributed by atoms with Crippen molar-refractivity contribution < 1.29 is 0 Å². The van der Waals surface area contributed by atoms with Gasteiger partial charge in [0.2, 0.25) is 0 Å². The highest BCUT2D eigenvalue weighted by Gasteiger charge is 2.14. The largest absolute Gasteiger partial charge is 0.311 e. The Morgan fingerprint density at radius 1 is 0.259 bits per heavy atom. The molecule has 0 bridgehead atoms. The van der Waals surface area contributed by atoms with Crippen LogP contribution in [0.2, 0.25) is 0 Å². The second-order valence-corrected chi connectivity index (χ2v) is 14.8. The zero-order valence-electron chi connectivity index (χ0n) is 29.6. The van der Waals surface area contributed by atoms with E-state index < -0.39 is 0 Å². The van der Waals surface area contributed by atoms with E-state index in [1.807, 2.05) is 0 Å². The highest BCUT2D eigenvalue weighted by atomic mass is 32.1. The van der Waals surface area contributed by atoms with E-state index in [4.69, 9.17) is 0 Å². The van der Waals surface area contributed by atoms with Gasteiger partial charge in [-0.25, -0.2) is 0 Å². The van der Waals surface area contributed by atoms with Crippen LogP contribution in [-0.2, 0) is 0 Å². The number of nitrogens with zero attached hydrogens (tertiary/aromatic N) is 1. The SMILES string of the molecule is c1ccc2cc(-c3ccc(N(c4ccc(-c5ccc(-c6ccc7sccc7c6)cc5)cc4)c4ccc(-c5ccc6ccccc6c5)cc4)cc3)ccc2c1. The summed E-state index contributed by atoms with van der Waals surface area (Å²) in [5.74, 6) is 0. The van der Waals surface area contributed by atoms with Gasteiger partial charge in [-0.3, -0.25) is 0 Å². The third kappa shape index (κ3) is 6.13. The standard InChI is InChI=1S/C52H35NS/c1-3-7-43-33-45(15-13-36(43)5-1)41-19-26-50(27-20-41)53(51-28-21-42(22-29-51)46-16-14-37-6-2-4-8-44(37)34-46)49-24-17-39(18-25-49)38-9-11-40(12-10-38)47-23-30-52-48(35-47)31-32-54-52/h1-35H. The number of hydrogen-bond acceptors (Lipinski definition) is 2. The first kappa shape index (κ1) is 32.0. The molecular formula is C52H35NS. The van der Waals surface area contributed by atoms with Gasteiger partial charge in [0.15, 0.2) is 0 Å². The summed E-state index contributed by atoms with van der Waals surface area (Å²) in [5, 5.41) is 8.47. The molecule has 54 heavy (non-hydrogen) atoms. The van der Waals surface area contributed by atoms with Crippen molar-refractivity contribution in [2.45, 2.75) is 0 Å². The van der Waals surface area contributed by atoms with Crippen LogP contribution in [0.3, 0.4) is 0 Å². The molecule has 9 aromatic carbocycles. The molecule has 0 aliphatic carbocycles. The molecule has 0 atom stereocenters. The second-order valence-electron chi connectivity index (χ2n) is 13.9. The lowest BCUT2D eigenvalue weighted by molar-refractivity contribution is 1.28. The highest BCUT2D eigenvalue weighted by Crippen LogP contribution is 2.39. The lowest BCUT2D eigenvalue weighted by atomic mass is 9.99. The molecule has 0 N–H and O–H groups in total. The number of thiophene rings is 1. The molecule has 0 fully saturated rings. The lowest BCUT2D eigenvalue weighted by Crippen LogP contribution is -2.09. The third-order valence-corrected chi connectivity index (χ3v) is 11.4. The predicted molar refractivity (Wildman–Crippen MR) is 233 cm³/mol. The van der Waals surface area contributed by atoms with Crippen LogP contribution >= 0.6 is 11.3 Å². The molecule has 0 aliphatic heterocycles. The van der Waals surface area contributed by atoms with Crippen LogP contribution in [0, 0.1) is 0 Å². The van der Waals surface area contributed by atoms with Gasteiger partial charge in [-0.15, -0.1) is 11.3 Å². The molecule has 0 amide bonds. The van der Waals surface area contributed by atoms with Crippen LogP contribution in [-0.4, -0.2) is 0 Å². The summed E-state index contributed by atoms with van der Waals surface area (Å²) >= 11 is 1.79. The first-order valence-corrected chi connectivity index (χ1v) is 19.3. The van der Waals surface area contributed by atoms with Crippen molar-refractivity contribution in [2.24, 2.45) is 0 Å². The van der Waals surface area contributed by atoms with Crippen molar-refractivity contribution in [3.8, 4) is 44.5 Å². The minimum absolute atomic E-state index is 1.11. The maximum atomic E-state index is 2.35. The van der Waals surface area contributed by atoms with Crippen molar-refractivity contribution >= 4 is 60.0 Å². The summed E-state index contributed by atoms with van der Waals surface area (Å²) in [6, 6.07) is 75.2. The monoisotopic (exact) mass is 705 g/mol. The van der Waals surface area contributed by atoms with Crippen LogP contribution < -0.4 is 4.90 Å². The molecule has 0 spiro atoms. The van der Waals surface area contributed by atoms with E-state index in [9.17, 15) is 0 Å². The Labute approximate surface area is 319 Å². The van der Waals surface area contributed by atoms with Gasteiger partial charge >= 0.3 is 0 Å². The van der Waals surface area contributed by atoms with Gasteiger partial charge in [-0.1, -0.05) is 140 Å². The number of benzene rings is 9. The van der Waals surface area contributed by atoms with Crippen LogP contribution in [0.5, 0.6) is 0 Å². The van der Waals surface area contributed by atoms with Crippen LogP contribution in [0.1, 0.15) is 0 Å². The van der Waals surface area contributed by atoms with Crippen molar-refractivity contribution in [1.82, 2.24) is 0 Å². The van der Waals surface area contributed by atoms with Crippen molar-refractivity contribution in [2.75, 3.05) is 4.90 Å². The van der Waals surface area contributed by atoms with E-state index in [1.165, 1.54) is 76.1 Å². The molecule has 1 heterocycles. The molecule has 254 valence electrons. The van der Waals surface area contributed by atoms with E-state index >= 15 is 0 Å². The summed E-state index contributed by atoms with van der Waals surface area (Å²) < 4.78 is 1.33. The lowest BCUT2D eigenvalue weighted by Gasteiger charge is -2.26. The fraction of sp³-hybridized carbons (Fsp3) is 0. The Morgan fingerprint density at radius 2 is 0.593 bits per heavy atom. The Balaban J connectivity index is 0.980. The molecule has 0 radical (unpaired) electrons. The molecule has 0 saturated carbocycles. The fourth-order valence-corrected chi connectivity index (χ4v) is 8.37. The van der Waals surface area contributed by atoms with E-state index in [-0.39, 0.29) is 0 Å². The van der Waals surface area contributed by atoms with Crippen molar-refractivity contribution in [1.29, 1.82) is 0 Å². The number of hydrogen-bond donors (Lipinski definition) is 0. The van der Waals surface area contributed by atoms with Gasteiger partial charge in [0, 0.05) is 21.8 Å². The van der Waals surface area contributed by atoms with Crippen LogP contribution in [0.15, 0.2) is 212 Å². The zero-order chi connectivity index (χ0) is 35.8. The quantitative estimate of drug-likeness (QED) is 0.160. The summed E-state index contributed by atoms with van der Waals surface area (Å²) in [6.45, 7) is 0. The smallest absolute Gasteiger partial charge is 0.0462 e. The van der Waals surface area contributed by atoms with Crippen molar-refractivity contribution in [3.05, 3.63) is 212 Å². The van der Waals surface area contributed by atoms with E-state index in [0.717, 1.165) is 17.1 Å². The van der Waals surface area contributed by atoms with Gasteiger partial charge in [-0.2, -0.15) is 0 Å². The minimum atomic E-state index is 1.11. The zero-order valence-corrected chi connectivity index (χ0v) is 30.4. The van der Waals surface area contributed by atoms with E-state index in [0.29, 0.717) is 0 Å². The van der Waals surface area contributed by atoms with Crippen molar-refractivity contribution in [3.63, 3.8) is 0 Å². The Hall–Kier alpha value is -6.74. The Kier molecular flexibility index (Phi) is 8.09. The molecule has 1 nitrogen and oxygen atoms in total. The molecule has 1 aromatic heterocycles. The Morgan fingerprint density at radius 3 is 1.04 bits per heavy atom. The molecule has 2 heteroatoms. The summed E-state index contributed by atoms with van der Waals surface area (Å²) in [5.41, 5.74) is 13.0. The molecular weight excluding hydrogens is 671 g/mol. The number of fused-ring (bicyclic) bond motifs is 3. The first-order valence-electron chi connectivity index (χ1n) is 18.4. The first-order chi connectivity index (χ1) is 26.7. The molecule has 0 unspecified atom stereocenters. The maximum absolute atomic E-state index is 2.35. The van der Waals surface area contributed by atoms with Crippen LogP contribution in [0.4, 0.5) is 17.1 Å². The molecule has 0 saturated heterocycles. The average molecular weight is 706 g/mol. The molecule has 10 aromatic rings. The van der Waals surface area contributed by atoms with Gasteiger partial charge in [-0.05, 0) is 144 Å². The average Bonchev–Trinajstić information content (AvgIpc) is 3.73. The maximum Gasteiger partial charge on any atom is 0.0462 e. The minimum Gasteiger partial charge on any atom is -0.311 e. The van der Waals surface area contributed by atoms with Gasteiger partial charge < -0.3 is 4.90 Å². The summed E-state index contributed by atoms with van der Waals surface area (Å²) in [4.78, 5) is 2.35. The fourth-order valence-electron chi connectivity index (χ4n) is 7.60. The van der Waals surface area contributed by atoms with Crippen LogP contribution in [0.25, 0.3) is 76.1 Å². The third-order valence-electron chi connectivity index (χ3n) is 10.5. The summed E-state index contributed by atoms with van der Waals surface area (Å²) in [6.07, 6.45) is 0. The number of anilines is 3.